The fourth-order valence-corrected chi connectivity index (χ4v) is 4.12. The quantitative estimate of drug-likeness (QED) is 0.765. The Kier molecular flexibility index (Phi) is 5.74. The van der Waals surface area contributed by atoms with Crippen molar-refractivity contribution in [3.05, 3.63) is 54.1 Å². The molecule has 2 aromatic carbocycles. The second-order valence-electron chi connectivity index (χ2n) is 7.81. The summed E-state index contributed by atoms with van der Waals surface area (Å²) in [5.74, 6) is -0.416. The number of aliphatic imine (C=N–C) groups is 1. The SMILES string of the molecule is CCCCc1ccc(NC(=O)CN2C(=O)[C@H]3CCCC3=Nc3ccccc32)cc1. The number of carbonyl (C=O) groups excluding carboxylic acids is 2. The minimum Gasteiger partial charge on any atom is -0.325 e. The van der Waals surface area contributed by atoms with E-state index in [-0.39, 0.29) is 24.3 Å². The predicted octanol–water partition coefficient (Wildman–Crippen LogP) is 4.89. The van der Waals surface area contributed by atoms with Crippen LogP contribution < -0.4 is 10.2 Å². The van der Waals surface area contributed by atoms with E-state index >= 15 is 0 Å². The summed E-state index contributed by atoms with van der Waals surface area (Å²) in [4.78, 5) is 32.3. The zero-order valence-electron chi connectivity index (χ0n) is 16.9. The molecule has 2 amide bonds. The largest absolute Gasteiger partial charge is 0.325 e. The lowest BCUT2D eigenvalue weighted by atomic mass is 10.1. The van der Waals surface area contributed by atoms with Crippen molar-refractivity contribution in [2.45, 2.75) is 45.4 Å². The average Bonchev–Trinajstić information content (AvgIpc) is 3.16. The lowest BCUT2D eigenvalue weighted by molar-refractivity contribution is -0.122. The minimum atomic E-state index is -0.201. The van der Waals surface area contributed by atoms with Gasteiger partial charge in [-0.25, -0.2) is 0 Å². The third kappa shape index (κ3) is 4.24. The standard InChI is InChI=1S/C24H27N3O2/c1-2-3-7-17-12-14-18(15-13-17)25-23(28)16-27-22-11-5-4-9-21(22)26-20-10-6-8-19(20)24(27)29/h4-5,9,11-15,19H,2-3,6-8,10,16H2,1H3,(H,25,28)/t19-/m0/s1. The van der Waals surface area contributed by atoms with E-state index in [1.165, 1.54) is 5.56 Å². The van der Waals surface area contributed by atoms with Gasteiger partial charge in [0.2, 0.25) is 11.8 Å². The first kappa shape index (κ1) is 19.4. The number of hydrogen-bond acceptors (Lipinski definition) is 3. The molecule has 2 aliphatic rings. The first-order valence-corrected chi connectivity index (χ1v) is 10.5. The maximum atomic E-state index is 13.2. The highest BCUT2D eigenvalue weighted by molar-refractivity contribution is 6.16. The average molecular weight is 389 g/mol. The first-order valence-electron chi connectivity index (χ1n) is 10.5. The van der Waals surface area contributed by atoms with Crippen LogP contribution in [0.2, 0.25) is 0 Å². The molecule has 5 nitrogen and oxygen atoms in total. The third-order valence-electron chi connectivity index (χ3n) is 5.69. The van der Waals surface area contributed by atoms with E-state index in [4.69, 9.17) is 4.99 Å². The molecule has 0 bridgehead atoms. The Hall–Kier alpha value is -2.95. The minimum absolute atomic E-state index is 0.00721. The fourth-order valence-electron chi connectivity index (χ4n) is 4.12. The maximum absolute atomic E-state index is 13.2. The van der Waals surface area contributed by atoms with E-state index in [9.17, 15) is 9.59 Å². The van der Waals surface area contributed by atoms with Gasteiger partial charge in [0.1, 0.15) is 6.54 Å². The fraction of sp³-hybridized carbons (Fsp3) is 0.375. The number of amides is 2. The molecule has 0 unspecified atom stereocenters. The Bertz CT molecular complexity index is 933. The molecule has 0 spiro atoms. The van der Waals surface area contributed by atoms with Crippen LogP contribution >= 0.6 is 0 Å². The van der Waals surface area contributed by atoms with E-state index in [0.717, 1.165) is 55.6 Å². The van der Waals surface area contributed by atoms with Gasteiger partial charge in [0.05, 0.1) is 17.3 Å². The Morgan fingerprint density at radius 2 is 1.97 bits per heavy atom. The molecule has 2 aromatic rings. The van der Waals surface area contributed by atoms with Crippen LogP contribution in [0.4, 0.5) is 17.1 Å². The van der Waals surface area contributed by atoms with Gasteiger partial charge >= 0.3 is 0 Å². The van der Waals surface area contributed by atoms with Gasteiger partial charge in [-0.3, -0.25) is 14.6 Å². The zero-order chi connectivity index (χ0) is 20.2. The van der Waals surface area contributed by atoms with E-state index in [1.54, 1.807) is 4.90 Å². The molecule has 1 heterocycles. The third-order valence-corrected chi connectivity index (χ3v) is 5.69. The molecule has 5 heteroatoms. The number of nitrogens with zero attached hydrogens (tertiary/aromatic N) is 2. The summed E-state index contributed by atoms with van der Waals surface area (Å²) in [6.45, 7) is 2.17. The number of para-hydroxylation sites is 2. The van der Waals surface area contributed by atoms with Crippen molar-refractivity contribution in [3.8, 4) is 0 Å². The van der Waals surface area contributed by atoms with Crippen molar-refractivity contribution in [3.63, 3.8) is 0 Å². The summed E-state index contributed by atoms with van der Waals surface area (Å²) in [6, 6.07) is 15.5. The second-order valence-corrected chi connectivity index (χ2v) is 7.81. The van der Waals surface area contributed by atoms with E-state index in [0.29, 0.717) is 5.69 Å². The van der Waals surface area contributed by atoms with Crippen molar-refractivity contribution >= 4 is 34.6 Å². The van der Waals surface area contributed by atoms with Gasteiger partial charge in [0.25, 0.3) is 0 Å². The Balaban J connectivity index is 1.49. The zero-order valence-corrected chi connectivity index (χ0v) is 16.9. The maximum Gasteiger partial charge on any atom is 0.244 e. The van der Waals surface area contributed by atoms with E-state index in [2.05, 4.69) is 24.4 Å². The number of carbonyl (C=O) groups is 2. The molecule has 150 valence electrons. The second kappa shape index (κ2) is 8.60. The van der Waals surface area contributed by atoms with Crippen LogP contribution in [0.5, 0.6) is 0 Å². The van der Waals surface area contributed by atoms with Gasteiger partial charge in [-0.15, -0.1) is 0 Å². The van der Waals surface area contributed by atoms with Crippen molar-refractivity contribution < 1.29 is 9.59 Å². The van der Waals surface area contributed by atoms with Gasteiger partial charge in [-0.05, 0) is 61.9 Å². The lowest BCUT2D eigenvalue weighted by Gasteiger charge is -2.24. The Morgan fingerprint density at radius 3 is 2.76 bits per heavy atom. The molecule has 4 rings (SSSR count). The molecule has 29 heavy (non-hydrogen) atoms. The highest BCUT2D eigenvalue weighted by Gasteiger charge is 2.37. The van der Waals surface area contributed by atoms with Crippen molar-refractivity contribution in [1.29, 1.82) is 0 Å². The summed E-state index contributed by atoms with van der Waals surface area (Å²) in [5.41, 5.74) is 4.46. The monoisotopic (exact) mass is 389 g/mol. The lowest BCUT2D eigenvalue weighted by Crippen LogP contribution is -2.41. The van der Waals surface area contributed by atoms with Gasteiger partial charge in [0.15, 0.2) is 0 Å². The van der Waals surface area contributed by atoms with Crippen molar-refractivity contribution in [2.24, 2.45) is 10.9 Å². The number of benzene rings is 2. The topological polar surface area (TPSA) is 61.8 Å². The van der Waals surface area contributed by atoms with Gasteiger partial charge in [-0.1, -0.05) is 37.6 Å². The summed E-state index contributed by atoms with van der Waals surface area (Å²) in [5, 5.41) is 2.93. The number of nitrogens with one attached hydrogen (secondary N) is 1. The highest BCUT2D eigenvalue weighted by Crippen LogP contribution is 2.37. The molecule has 0 radical (unpaired) electrons. The van der Waals surface area contributed by atoms with Crippen LogP contribution in [0, 0.1) is 5.92 Å². The van der Waals surface area contributed by atoms with E-state index < -0.39 is 0 Å². The predicted molar refractivity (Wildman–Crippen MR) is 117 cm³/mol. The number of anilines is 2. The molecular weight excluding hydrogens is 362 g/mol. The molecule has 1 fully saturated rings. The number of unbranched alkanes of at least 4 members (excludes halogenated alkanes) is 1. The highest BCUT2D eigenvalue weighted by atomic mass is 16.2. The first-order chi connectivity index (χ1) is 14.2. The van der Waals surface area contributed by atoms with Gasteiger partial charge < -0.3 is 10.2 Å². The van der Waals surface area contributed by atoms with E-state index in [1.807, 2.05) is 36.4 Å². The number of aryl methyl sites for hydroxylation is 1. The van der Waals surface area contributed by atoms with Crippen LogP contribution in [0.3, 0.4) is 0 Å². The molecule has 1 atom stereocenters. The van der Waals surface area contributed by atoms with Gasteiger partial charge in [-0.2, -0.15) is 0 Å². The van der Waals surface area contributed by atoms with Crippen molar-refractivity contribution in [2.75, 3.05) is 16.8 Å². The Labute approximate surface area is 171 Å². The summed E-state index contributed by atoms with van der Waals surface area (Å²) in [7, 11) is 0. The van der Waals surface area contributed by atoms with Crippen LogP contribution in [-0.4, -0.2) is 24.1 Å². The number of rotatable bonds is 6. The molecular formula is C24H27N3O2. The van der Waals surface area contributed by atoms with Crippen molar-refractivity contribution in [1.82, 2.24) is 0 Å². The summed E-state index contributed by atoms with van der Waals surface area (Å²) < 4.78 is 0. The van der Waals surface area contributed by atoms with Crippen LogP contribution in [0.15, 0.2) is 53.5 Å². The molecule has 1 saturated carbocycles. The molecule has 1 aliphatic carbocycles. The number of fused-ring (bicyclic) bond motifs is 2. The Morgan fingerprint density at radius 1 is 1.17 bits per heavy atom. The number of hydrogen-bond donors (Lipinski definition) is 1. The smallest absolute Gasteiger partial charge is 0.244 e. The molecule has 1 N–H and O–H groups in total. The molecule has 0 aromatic heterocycles. The normalized spacial score (nSPS) is 18.0. The van der Waals surface area contributed by atoms with Crippen LogP contribution in [0.1, 0.15) is 44.6 Å². The van der Waals surface area contributed by atoms with Gasteiger partial charge in [0, 0.05) is 11.4 Å². The molecule has 0 saturated heterocycles. The summed E-state index contributed by atoms with van der Waals surface area (Å²) >= 11 is 0. The van der Waals surface area contributed by atoms with Crippen LogP contribution in [0.25, 0.3) is 0 Å². The van der Waals surface area contributed by atoms with Crippen LogP contribution in [-0.2, 0) is 16.0 Å². The molecule has 1 aliphatic heterocycles. The summed E-state index contributed by atoms with van der Waals surface area (Å²) in [6.07, 6.45) is 6.01.